The zero-order valence-electron chi connectivity index (χ0n) is 18.8. The number of ketones is 1. The fraction of sp³-hybridized carbons (Fsp3) is 0.269. The number of rotatable bonds is 8. The van der Waals surface area contributed by atoms with Crippen LogP contribution < -0.4 is 10.1 Å². The topological polar surface area (TPSA) is 68.3 Å². The Hall–Kier alpha value is -3.75. The first kappa shape index (κ1) is 24.4. The van der Waals surface area contributed by atoms with Gasteiger partial charge in [-0.25, -0.2) is 9.37 Å². The molecule has 5 nitrogen and oxygen atoms in total. The number of nitrogens with zero attached hydrogens (tertiary/aromatic N) is 1. The molecule has 1 heterocycles. The summed E-state index contributed by atoms with van der Waals surface area (Å²) < 4.78 is 59.5. The Morgan fingerprint density at radius 2 is 1.71 bits per heavy atom. The van der Waals surface area contributed by atoms with Crippen molar-refractivity contribution >= 4 is 17.5 Å². The Morgan fingerprint density at radius 1 is 1.03 bits per heavy atom. The normalized spacial score (nSPS) is 13.4. The van der Waals surface area contributed by atoms with E-state index >= 15 is 0 Å². The summed E-state index contributed by atoms with van der Waals surface area (Å²) in [5, 5.41) is 2.69. The SMILES string of the molecule is Cc1ccc(CC(=O)Cc2ccc(Oc3ccnc(NC(=O)C4CC4)c3)c(F)c2)cc1C(F)(F)F. The number of carbonyl (C=O) groups is 2. The molecule has 0 saturated heterocycles. The predicted octanol–water partition coefficient (Wildman–Crippen LogP) is 6.04. The summed E-state index contributed by atoms with van der Waals surface area (Å²) in [5.74, 6) is -0.673. The smallest absolute Gasteiger partial charge is 0.416 e. The quantitative estimate of drug-likeness (QED) is 0.394. The Labute approximate surface area is 199 Å². The van der Waals surface area contributed by atoms with E-state index in [0.717, 1.165) is 25.0 Å². The fourth-order valence-corrected chi connectivity index (χ4v) is 3.58. The first-order valence-electron chi connectivity index (χ1n) is 11.0. The summed E-state index contributed by atoms with van der Waals surface area (Å²) in [5.41, 5.74) is -0.0783. The van der Waals surface area contributed by atoms with Crippen LogP contribution in [0.3, 0.4) is 0 Å². The summed E-state index contributed by atoms with van der Waals surface area (Å²) in [6, 6.07) is 10.8. The van der Waals surface area contributed by atoms with E-state index in [1.165, 1.54) is 49.5 Å². The standard InChI is InChI=1S/C26H22F4N2O3/c1-15-2-3-16(12-21(15)26(28,29)30)10-19(33)11-17-4-7-23(22(27)13-17)35-20-8-9-31-24(14-20)32-25(34)18-5-6-18/h2-4,7-9,12-14,18H,5-6,10-11H2,1H3,(H,31,32,34). The minimum absolute atomic E-state index is 0.00627. The molecule has 0 radical (unpaired) electrons. The second-order valence-electron chi connectivity index (χ2n) is 8.55. The zero-order chi connectivity index (χ0) is 25.2. The lowest BCUT2D eigenvalue weighted by Gasteiger charge is -2.12. The Balaban J connectivity index is 1.39. The second-order valence-corrected chi connectivity index (χ2v) is 8.55. The average molecular weight is 486 g/mol. The molecule has 1 N–H and O–H groups in total. The van der Waals surface area contributed by atoms with Crippen molar-refractivity contribution in [3.05, 3.63) is 82.8 Å². The summed E-state index contributed by atoms with van der Waals surface area (Å²) in [4.78, 5) is 28.4. The first-order valence-corrected chi connectivity index (χ1v) is 11.0. The summed E-state index contributed by atoms with van der Waals surface area (Å²) >= 11 is 0. The van der Waals surface area contributed by atoms with Gasteiger partial charge in [0.15, 0.2) is 11.6 Å². The van der Waals surface area contributed by atoms with E-state index in [4.69, 9.17) is 4.74 Å². The molecule has 0 spiro atoms. The molecule has 35 heavy (non-hydrogen) atoms. The number of alkyl halides is 3. The largest absolute Gasteiger partial charge is 0.454 e. The molecular formula is C26H22F4N2O3. The van der Waals surface area contributed by atoms with Crippen molar-refractivity contribution in [3.63, 3.8) is 0 Å². The van der Waals surface area contributed by atoms with Crippen LogP contribution >= 0.6 is 0 Å². The molecule has 182 valence electrons. The van der Waals surface area contributed by atoms with Crippen molar-refractivity contribution in [1.82, 2.24) is 4.98 Å². The molecule has 0 bridgehead atoms. The van der Waals surface area contributed by atoms with Crippen LogP contribution in [0, 0.1) is 18.7 Å². The number of carbonyl (C=O) groups excluding carboxylic acids is 2. The molecule has 0 atom stereocenters. The van der Waals surface area contributed by atoms with Gasteiger partial charge >= 0.3 is 6.18 Å². The molecule has 1 aromatic heterocycles. The van der Waals surface area contributed by atoms with Gasteiger partial charge in [-0.3, -0.25) is 9.59 Å². The Kier molecular flexibility index (Phi) is 6.86. The number of ether oxygens (including phenoxy) is 1. The van der Waals surface area contributed by atoms with Gasteiger partial charge in [0.2, 0.25) is 5.91 Å². The van der Waals surface area contributed by atoms with E-state index < -0.39 is 17.6 Å². The van der Waals surface area contributed by atoms with E-state index in [-0.39, 0.29) is 53.1 Å². The number of anilines is 1. The van der Waals surface area contributed by atoms with E-state index in [9.17, 15) is 27.2 Å². The number of Topliss-reactive ketones (excluding diaryl/α,β-unsaturated/α-hetero) is 1. The molecule has 0 unspecified atom stereocenters. The number of amides is 1. The molecular weight excluding hydrogens is 464 g/mol. The molecule has 1 aliphatic rings. The molecule has 3 aromatic rings. The number of aromatic nitrogens is 1. The second kappa shape index (κ2) is 9.85. The predicted molar refractivity (Wildman–Crippen MR) is 121 cm³/mol. The molecule has 9 heteroatoms. The lowest BCUT2D eigenvalue weighted by molar-refractivity contribution is -0.138. The molecule has 1 amide bonds. The average Bonchev–Trinajstić information content (AvgIpc) is 3.62. The van der Waals surface area contributed by atoms with Crippen LogP contribution in [0.5, 0.6) is 11.5 Å². The lowest BCUT2D eigenvalue weighted by atomic mass is 9.98. The number of nitrogens with one attached hydrogen (secondary N) is 1. The molecule has 1 saturated carbocycles. The molecule has 1 fully saturated rings. The Morgan fingerprint density at radius 3 is 2.37 bits per heavy atom. The van der Waals surface area contributed by atoms with E-state index in [1.807, 2.05) is 0 Å². The van der Waals surface area contributed by atoms with E-state index in [0.29, 0.717) is 11.4 Å². The van der Waals surface area contributed by atoms with Gasteiger partial charge in [0.05, 0.1) is 5.56 Å². The minimum atomic E-state index is -4.50. The maximum absolute atomic E-state index is 14.6. The monoisotopic (exact) mass is 486 g/mol. The lowest BCUT2D eigenvalue weighted by Crippen LogP contribution is -2.14. The van der Waals surface area contributed by atoms with Gasteiger partial charge in [-0.2, -0.15) is 13.2 Å². The van der Waals surface area contributed by atoms with Crippen LogP contribution in [0.15, 0.2) is 54.7 Å². The fourth-order valence-electron chi connectivity index (χ4n) is 3.58. The first-order chi connectivity index (χ1) is 16.6. The maximum Gasteiger partial charge on any atom is 0.416 e. The van der Waals surface area contributed by atoms with Crippen LogP contribution in [0.4, 0.5) is 23.4 Å². The van der Waals surface area contributed by atoms with Crippen LogP contribution in [-0.4, -0.2) is 16.7 Å². The van der Waals surface area contributed by atoms with Gasteiger partial charge in [0.1, 0.15) is 17.4 Å². The third kappa shape index (κ3) is 6.44. The van der Waals surface area contributed by atoms with Gasteiger partial charge < -0.3 is 10.1 Å². The van der Waals surface area contributed by atoms with Crippen LogP contribution in [0.1, 0.15) is 35.1 Å². The van der Waals surface area contributed by atoms with Gasteiger partial charge in [-0.1, -0.05) is 18.2 Å². The highest BCUT2D eigenvalue weighted by atomic mass is 19.4. The van der Waals surface area contributed by atoms with Gasteiger partial charge in [0.25, 0.3) is 0 Å². The van der Waals surface area contributed by atoms with Crippen molar-refractivity contribution < 1.29 is 31.9 Å². The molecule has 2 aromatic carbocycles. The summed E-state index contributed by atoms with van der Waals surface area (Å²) in [7, 11) is 0. The third-order valence-electron chi connectivity index (χ3n) is 5.56. The zero-order valence-corrected chi connectivity index (χ0v) is 18.8. The molecule has 4 rings (SSSR count). The van der Waals surface area contributed by atoms with Crippen molar-refractivity contribution in [2.45, 2.75) is 38.8 Å². The van der Waals surface area contributed by atoms with Crippen LogP contribution in [-0.2, 0) is 28.6 Å². The third-order valence-corrected chi connectivity index (χ3v) is 5.56. The highest BCUT2D eigenvalue weighted by Crippen LogP contribution is 2.33. The van der Waals surface area contributed by atoms with Crippen molar-refractivity contribution in [2.24, 2.45) is 5.92 Å². The number of pyridine rings is 1. The highest BCUT2D eigenvalue weighted by Gasteiger charge is 2.32. The minimum Gasteiger partial charge on any atom is -0.454 e. The summed E-state index contributed by atoms with van der Waals surface area (Å²) in [6.45, 7) is 1.36. The van der Waals surface area contributed by atoms with E-state index in [2.05, 4.69) is 10.3 Å². The summed E-state index contributed by atoms with van der Waals surface area (Å²) in [6.07, 6.45) is -1.71. The van der Waals surface area contributed by atoms with E-state index in [1.54, 1.807) is 0 Å². The molecule has 0 aliphatic heterocycles. The van der Waals surface area contributed by atoms with Crippen LogP contribution in [0.25, 0.3) is 0 Å². The molecule has 1 aliphatic carbocycles. The van der Waals surface area contributed by atoms with Gasteiger partial charge in [0, 0.05) is 31.0 Å². The number of hydrogen-bond acceptors (Lipinski definition) is 4. The number of hydrogen-bond donors (Lipinski definition) is 1. The number of aryl methyl sites for hydroxylation is 1. The van der Waals surface area contributed by atoms with Gasteiger partial charge in [-0.05, 0) is 60.7 Å². The number of benzene rings is 2. The van der Waals surface area contributed by atoms with Crippen LogP contribution in [0.2, 0.25) is 0 Å². The van der Waals surface area contributed by atoms with Crippen molar-refractivity contribution in [2.75, 3.05) is 5.32 Å². The Bertz CT molecular complexity index is 1270. The van der Waals surface area contributed by atoms with Gasteiger partial charge in [-0.15, -0.1) is 0 Å². The van der Waals surface area contributed by atoms with Crippen molar-refractivity contribution in [1.29, 1.82) is 0 Å². The number of halogens is 4. The highest BCUT2D eigenvalue weighted by molar-refractivity contribution is 5.93. The maximum atomic E-state index is 14.6. The van der Waals surface area contributed by atoms with Crippen molar-refractivity contribution in [3.8, 4) is 11.5 Å².